The van der Waals surface area contributed by atoms with E-state index >= 15 is 0 Å². The Hall–Kier alpha value is -1.78. The van der Waals surface area contributed by atoms with E-state index in [0.717, 1.165) is 0 Å². The van der Waals surface area contributed by atoms with Gasteiger partial charge in [-0.05, 0) is 31.0 Å². The third kappa shape index (κ3) is 1.69. The van der Waals surface area contributed by atoms with Crippen LogP contribution in [-0.4, -0.2) is 21.1 Å². The van der Waals surface area contributed by atoms with Gasteiger partial charge in [-0.15, -0.1) is 0 Å². The average molecular weight is 293 g/mol. The summed E-state index contributed by atoms with van der Waals surface area (Å²) in [5, 5.41) is 31.3. The van der Waals surface area contributed by atoms with Crippen LogP contribution >= 0.6 is 11.6 Å². The number of aryl methyl sites for hydroxylation is 1. The molecule has 0 aliphatic heterocycles. The number of phenolic OH excluding ortho intramolecular Hbond substituents is 2. The molecule has 4 nitrogen and oxygen atoms in total. The smallest absolute Gasteiger partial charge is 0.167 e. The Labute approximate surface area is 120 Å². The zero-order valence-corrected chi connectivity index (χ0v) is 11.5. The molecular formula is C15H13ClO4. The SMILES string of the molecule is Cc1cc(O)cc2c(Cl)c3c(c(O)c12)C(=O)CC[C@@H]3O. The molecule has 1 atom stereocenters. The lowest BCUT2D eigenvalue weighted by Crippen LogP contribution is -2.16. The number of rotatable bonds is 0. The van der Waals surface area contributed by atoms with Gasteiger partial charge in [0, 0.05) is 22.8 Å². The number of halogens is 1. The van der Waals surface area contributed by atoms with Crippen molar-refractivity contribution in [3.8, 4) is 11.5 Å². The van der Waals surface area contributed by atoms with Crippen molar-refractivity contribution in [2.24, 2.45) is 0 Å². The van der Waals surface area contributed by atoms with Crippen molar-refractivity contribution in [3.05, 3.63) is 33.8 Å². The number of aliphatic hydroxyl groups excluding tert-OH is 1. The number of aliphatic hydroxyl groups is 1. The van der Waals surface area contributed by atoms with Gasteiger partial charge >= 0.3 is 0 Å². The van der Waals surface area contributed by atoms with E-state index in [9.17, 15) is 20.1 Å². The maximum Gasteiger partial charge on any atom is 0.167 e. The summed E-state index contributed by atoms with van der Waals surface area (Å²) in [5.74, 6) is -0.368. The van der Waals surface area contributed by atoms with Crippen LogP contribution < -0.4 is 0 Å². The van der Waals surface area contributed by atoms with Crippen molar-refractivity contribution in [2.45, 2.75) is 25.9 Å². The van der Waals surface area contributed by atoms with Gasteiger partial charge in [0.15, 0.2) is 5.78 Å². The zero-order valence-electron chi connectivity index (χ0n) is 10.8. The highest BCUT2D eigenvalue weighted by Crippen LogP contribution is 2.46. The number of hydrogen-bond acceptors (Lipinski definition) is 4. The van der Waals surface area contributed by atoms with Gasteiger partial charge in [-0.25, -0.2) is 0 Å². The molecule has 20 heavy (non-hydrogen) atoms. The Kier molecular flexibility index (Phi) is 2.88. The molecule has 1 aliphatic carbocycles. The van der Waals surface area contributed by atoms with Crippen LogP contribution in [0.5, 0.6) is 11.5 Å². The Balaban J connectivity index is 2.54. The lowest BCUT2D eigenvalue weighted by Gasteiger charge is -2.24. The van der Waals surface area contributed by atoms with Crippen molar-refractivity contribution in [2.75, 3.05) is 0 Å². The Morgan fingerprint density at radius 1 is 1.30 bits per heavy atom. The molecule has 0 bridgehead atoms. The quantitative estimate of drug-likeness (QED) is 0.696. The predicted octanol–water partition coefficient (Wildman–Crippen LogP) is 3.22. The third-order valence-corrected chi connectivity index (χ3v) is 4.20. The van der Waals surface area contributed by atoms with E-state index in [4.69, 9.17) is 11.6 Å². The molecule has 0 saturated heterocycles. The molecule has 3 N–H and O–H groups in total. The first kappa shape index (κ1) is 13.2. The highest BCUT2D eigenvalue weighted by Gasteiger charge is 2.32. The number of carbonyl (C=O) groups is 1. The minimum absolute atomic E-state index is 0.0212. The topological polar surface area (TPSA) is 77.8 Å². The summed E-state index contributed by atoms with van der Waals surface area (Å²) in [6.07, 6.45) is -0.414. The first-order chi connectivity index (χ1) is 9.41. The van der Waals surface area contributed by atoms with Crippen LogP contribution in [-0.2, 0) is 0 Å². The number of ketones is 1. The lowest BCUT2D eigenvalue weighted by molar-refractivity contribution is 0.0893. The molecule has 0 amide bonds. The van der Waals surface area contributed by atoms with Crippen LogP contribution in [0.25, 0.3) is 10.8 Å². The molecule has 104 valence electrons. The average Bonchev–Trinajstić information content (AvgIpc) is 2.37. The Bertz CT molecular complexity index is 752. The number of fused-ring (bicyclic) bond motifs is 2. The second kappa shape index (κ2) is 4.36. The van der Waals surface area contributed by atoms with Crippen LogP contribution in [0, 0.1) is 6.92 Å². The molecule has 0 saturated carbocycles. The van der Waals surface area contributed by atoms with Gasteiger partial charge in [0.1, 0.15) is 11.5 Å². The van der Waals surface area contributed by atoms with Crippen LogP contribution in [0.4, 0.5) is 0 Å². The van der Waals surface area contributed by atoms with Crippen LogP contribution in [0.2, 0.25) is 5.02 Å². The normalized spacial score (nSPS) is 18.4. The summed E-state index contributed by atoms with van der Waals surface area (Å²) in [7, 11) is 0. The summed E-state index contributed by atoms with van der Waals surface area (Å²) in [6, 6.07) is 2.92. The standard InChI is InChI=1S/C15H13ClO4/c1-6-4-7(17)5-8-11(6)15(20)13-10(19)3-2-9(18)12(13)14(8)16/h4-5,9,17-18,20H,2-3H2,1H3/t9-/m0/s1. The maximum absolute atomic E-state index is 12.0. The number of carbonyl (C=O) groups excluding carboxylic acids is 1. The molecule has 1 aliphatic rings. The van der Waals surface area contributed by atoms with Gasteiger partial charge in [-0.3, -0.25) is 4.79 Å². The second-order valence-corrected chi connectivity index (χ2v) is 5.49. The van der Waals surface area contributed by atoms with E-state index in [2.05, 4.69) is 0 Å². The maximum atomic E-state index is 12.0. The number of aromatic hydroxyl groups is 2. The van der Waals surface area contributed by atoms with Crippen LogP contribution in [0.3, 0.4) is 0 Å². The molecule has 0 aromatic heterocycles. The molecule has 0 unspecified atom stereocenters. The minimum Gasteiger partial charge on any atom is -0.508 e. The lowest BCUT2D eigenvalue weighted by atomic mass is 9.84. The van der Waals surface area contributed by atoms with Crippen LogP contribution in [0.1, 0.15) is 40.4 Å². The summed E-state index contributed by atoms with van der Waals surface area (Å²) < 4.78 is 0. The summed E-state index contributed by atoms with van der Waals surface area (Å²) in [6.45, 7) is 1.72. The molecule has 0 heterocycles. The first-order valence-corrected chi connectivity index (χ1v) is 6.68. The number of benzene rings is 2. The van der Waals surface area contributed by atoms with Gasteiger partial charge in [0.05, 0.1) is 16.7 Å². The number of phenols is 2. The molecule has 2 aromatic carbocycles. The Morgan fingerprint density at radius 2 is 2.00 bits per heavy atom. The van der Waals surface area contributed by atoms with Crippen LogP contribution in [0.15, 0.2) is 12.1 Å². The first-order valence-electron chi connectivity index (χ1n) is 6.30. The van der Waals surface area contributed by atoms with E-state index < -0.39 is 6.10 Å². The summed E-state index contributed by atoms with van der Waals surface area (Å²) in [5.41, 5.74) is 0.989. The van der Waals surface area contributed by atoms with E-state index in [0.29, 0.717) is 16.3 Å². The fourth-order valence-corrected chi connectivity index (χ4v) is 3.26. The number of hydrogen-bond donors (Lipinski definition) is 3. The Morgan fingerprint density at radius 3 is 2.70 bits per heavy atom. The number of Topliss-reactive ketones (excluding diaryl/α,β-unsaturated/α-hetero) is 1. The molecule has 0 spiro atoms. The van der Waals surface area contributed by atoms with Crippen molar-refractivity contribution in [1.82, 2.24) is 0 Å². The van der Waals surface area contributed by atoms with E-state index in [-0.39, 0.29) is 46.3 Å². The highest BCUT2D eigenvalue weighted by molar-refractivity contribution is 6.38. The molecule has 3 rings (SSSR count). The second-order valence-electron chi connectivity index (χ2n) is 5.11. The van der Waals surface area contributed by atoms with E-state index in [1.54, 1.807) is 6.92 Å². The van der Waals surface area contributed by atoms with Gasteiger partial charge in [-0.1, -0.05) is 11.6 Å². The largest absolute Gasteiger partial charge is 0.508 e. The molecular weight excluding hydrogens is 280 g/mol. The van der Waals surface area contributed by atoms with Gasteiger partial charge < -0.3 is 15.3 Å². The molecule has 0 radical (unpaired) electrons. The molecule has 5 heteroatoms. The summed E-state index contributed by atoms with van der Waals surface area (Å²) >= 11 is 6.30. The van der Waals surface area contributed by atoms with Gasteiger partial charge in [0.25, 0.3) is 0 Å². The molecule has 2 aromatic rings. The highest BCUT2D eigenvalue weighted by atomic mass is 35.5. The van der Waals surface area contributed by atoms with Crippen molar-refractivity contribution >= 4 is 28.2 Å². The van der Waals surface area contributed by atoms with Gasteiger partial charge in [0.2, 0.25) is 0 Å². The van der Waals surface area contributed by atoms with Crippen molar-refractivity contribution in [3.63, 3.8) is 0 Å². The summed E-state index contributed by atoms with van der Waals surface area (Å²) in [4.78, 5) is 12.0. The van der Waals surface area contributed by atoms with Gasteiger partial charge in [-0.2, -0.15) is 0 Å². The van der Waals surface area contributed by atoms with E-state index in [1.165, 1.54) is 12.1 Å². The fourth-order valence-electron chi connectivity index (χ4n) is 2.90. The van der Waals surface area contributed by atoms with E-state index in [1.807, 2.05) is 0 Å². The zero-order chi connectivity index (χ0) is 14.6. The van der Waals surface area contributed by atoms with Crippen molar-refractivity contribution < 1.29 is 20.1 Å². The predicted molar refractivity (Wildman–Crippen MR) is 75.5 cm³/mol. The third-order valence-electron chi connectivity index (χ3n) is 3.79. The minimum atomic E-state index is -0.881. The monoisotopic (exact) mass is 292 g/mol. The molecule has 0 fully saturated rings. The fraction of sp³-hybridized carbons (Fsp3) is 0.267. The van der Waals surface area contributed by atoms with Crippen molar-refractivity contribution in [1.29, 1.82) is 0 Å².